The number of carbonyl (C=O) groups is 2. The second kappa shape index (κ2) is 4.53. The number of Topliss-reactive ketones (excluding diaryl/α,β-unsaturated/α-hetero) is 1. The standard InChI is InChI=1S/C13H14IN2O2/c15-13(18)16-11-3-1-2-10-12(11)9-5-7(9)4-8(17)6-14-10/h1-3,7,9H,4-6H2,(H3,15,16,18)/q-1. The van der Waals surface area contributed by atoms with E-state index in [1.54, 1.807) is 0 Å². The third-order valence-electron chi connectivity index (χ3n) is 3.45. The van der Waals surface area contributed by atoms with Crippen molar-refractivity contribution in [2.24, 2.45) is 11.7 Å². The van der Waals surface area contributed by atoms with Crippen LogP contribution in [0.25, 0.3) is 0 Å². The first-order valence-corrected chi connectivity index (χ1v) is 8.56. The van der Waals surface area contributed by atoms with Gasteiger partial charge in [-0.15, -0.1) is 0 Å². The van der Waals surface area contributed by atoms with Gasteiger partial charge in [-0.2, -0.15) is 0 Å². The van der Waals surface area contributed by atoms with Crippen molar-refractivity contribution >= 4 is 17.5 Å². The van der Waals surface area contributed by atoms with Crippen molar-refractivity contribution in [2.75, 3.05) is 9.74 Å². The van der Waals surface area contributed by atoms with Gasteiger partial charge in [0.2, 0.25) is 0 Å². The van der Waals surface area contributed by atoms with Crippen molar-refractivity contribution in [3.05, 3.63) is 27.3 Å². The number of halogens is 1. The maximum absolute atomic E-state index is 11.7. The molecule has 0 radical (unpaired) electrons. The molecule has 18 heavy (non-hydrogen) atoms. The maximum atomic E-state index is 11.7. The van der Waals surface area contributed by atoms with Gasteiger partial charge < -0.3 is 0 Å². The molecular formula is C13H14IN2O2-. The Labute approximate surface area is 116 Å². The summed E-state index contributed by atoms with van der Waals surface area (Å²) in [5, 5.41) is 2.72. The van der Waals surface area contributed by atoms with Crippen molar-refractivity contribution in [3.8, 4) is 0 Å². The van der Waals surface area contributed by atoms with E-state index in [2.05, 4.69) is 11.4 Å². The van der Waals surface area contributed by atoms with Gasteiger partial charge >= 0.3 is 116 Å². The molecule has 0 spiro atoms. The zero-order valence-corrected chi connectivity index (χ0v) is 11.9. The number of primary amides is 1. The first-order chi connectivity index (χ1) is 8.65. The Morgan fingerprint density at radius 3 is 3.06 bits per heavy atom. The number of alkyl halides is 1. The number of fused-ring (bicyclic) bond motifs is 3. The molecule has 0 saturated heterocycles. The molecule has 96 valence electrons. The predicted octanol–water partition coefficient (Wildman–Crippen LogP) is -1.49. The van der Waals surface area contributed by atoms with Gasteiger partial charge in [0.05, 0.1) is 0 Å². The van der Waals surface area contributed by atoms with Crippen molar-refractivity contribution in [3.63, 3.8) is 0 Å². The third kappa shape index (κ3) is 2.23. The summed E-state index contributed by atoms with van der Waals surface area (Å²) in [5.41, 5.74) is 7.31. The van der Waals surface area contributed by atoms with E-state index >= 15 is 0 Å². The number of urea groups is 1. The molecule has 1 aromatic rings. The number of nitrogens with two attached hydrogens (primary N) is 1. The molecular weight excluding hydrogens is 343 g/mol. The zero-order valence-electron chi connectivity index (χ0n) is 9.78. The third-order valence-corrected chi connectivity index (χ3v) is 6.45. The molecule has 3 rings (SSSR count). The quantitative estimate of drug-likeness (QED) is 0.475. The van der Waals surface area contributed by atoms with E-state index in [9.17, 15) is 9.59 Å². The molecule has 2 amide bonds. The molecule has 3 N–H and O–H groups in total. The van der Waals surface area contributed by atoms with Crippen LogP contribution >= 0.6 is 0 Å². The van der Waals surface area contributed by atoms with Gasteiger partial charge in [0.25, 0.3) is 0 Å². The van der Waals surface area contributed by atoms with Crippen LogP contribution in [0, 0.1) is 9.49 Å². The number of hydrogen-bond donors (Lipinski definition) is 2. The van der Waals surface area contributed by atoms with Gasteiger partial charge in [-0.3, -0.25) is 0 Å². The Morgan fingerprint density at radius 1 is 1.44 bits per heavy atom. The number of benzene rings is 1. The fourth-order valence-corrected chi connectivity index (χ4v) is 5.30. The van der Waals surface area contributed by atoms with Crippen LogP contribution in [-0.4, -0.2) is 16.2 Å². The molecule has 0 bridgehead atoms. The topological polar surface area (TPSA) is 72.2 Å². The minimum absolute atomic E-state index is 0.275. The van der Waals surface area contributed by atoms with E-state index in [1.807, 2.05) is 12.1 Å². The molecule has 0 aromatic heterocycles. The Balaban J connectivity index is 2.01. The summed E-state index contributed by atoms with van der Waals surface area (Å²) in [6.07, 6.45) is 1.79. The van der Waals surface area contributed by atoms with Crippen LogP contribution in [0.5, 0.6) is 0 Å². The molecule has 2 aliphatic rings. The predicted molar refractivity (Wildman–Crippen MR) is 63.7 cm³/mol. The van der Waals surface area contributed by atoms with Crippen molar-refractivity contribution in [1.82, 2.24) is 0 Å². The van der Waals surface area contributed by atoms with Gasteiger partial charge in [0, 0.05) is 0 Å². The number of amides is 2. The molecule has 2 atom stereocenters. The Morgan fingerprint density at radius 2 is 2.28 bits per heavy atom. The summed E-state index contributed by atoms with van der Waals surface area (Å²) in [5.74, 6) is 1.34. The van der Waals surface area contributed by atoms with Crippen molar-refractivity contribution in [2.45, 2.75) is 18.8 Å². The second-order valence-corrected chi connectivity index (χ2v) is 7.49. The molecule has 5 heteroatoms. The van der Waals surface area contributed by atoms with E-state index < -0.39 is 6.03 Å². The molecule has 1 aliphatic carbocycles. The number of carbonyl (C=O) groups excluding carboxylic acids is 2. The van der Waals surface area contributed by atoms with Gasteiger partial charge in [-0.05, 0) is 0 Å². The average Bonchev–Trinajstić information content (AvgIpc) is 3.02. The normalized spacial score (nSPS) is 25.9. The minimum atomic E-state index is -0.517. The first kappa shape index (κ1) is 12.0. The van der Waals surface area contributed by atoms with Crippen LogP contribution < -0.4 is 32.3 Å². The van der Waals surface area contributed by atoms with E-state index in [0.29, 0.717) is 24.0 Å². The van der Waals surface area contributed by atoms with E-state index in [0.717, 1.165) is 16.5 Å². The molecule has 1 heterocycles. The van der Waals surface area contributed by atoms with Crippen LogP contribution in [0.15, 0.2) is 18.2 Å². The van der Waals surface area contributed by atoms with Gasteiger partial charge in [-0.1, -0.05) is 0 Å². The number of hydrogen-bond acceptors (Lipinski definition) is 2. The summed E-state index contributed by atoms with van der Waals surface area (Å²) in [7, 11) is 0. The zero-order chi connectivity index (χ0) is 12.7. The average molecular weight is 357 g/mol. The molecule has 2 unspecified atom stereocenters. The van der Waals surface area contributed by atoms with Crippen molar-refractivity contribution < 1.29 is 30.8 Å². The van der Waals surface area contributed by atoms with Crippen LogP contribution in [0.1, 0.15) is 24.3 Å². The van der Waals surface area contributed by atoms with Crippen LogP contribution in [0.2, 0.25) is 0 Å². The second-order valence-electron chi connectivity index (χ2n) is 4.80. The number of anilines is 1. The summed E-state index contributed by atoms with van der Waals surface area (Å²) >= 11 is -0.275. The monoisotopic (exact) mass is 357 g/mol. The van der Waals surface area contributed by atoms with E-state index in [-0.39, 0.29) is 21.2 Å². The Kier molecular flexibility index (Phi) is 3.01. The van der Waals surface area contributed by atoms with E-state index in [1.165, 1.54) is 9.13 Å². The SMILES string of the molecule is NC(=O)Nc1cccc2c1C1CC1CC(=O)C[I-]2. The summed E-state index contributed by atoms with van der Waals surface area (Å²) in [6.45, 7) is 0. The molecule has 1 aliphatic heterocycles. The molecule has 1 fully saturated rings. The number of ketones is 1. The fourth-order valence-electron chi connectivity index (χ4n) is 2.59. The Bertz CT molecular complexity index is 530. The number of rotatable bonds is 1. The van der Waals surface area contributed by atoms with E-state index in [4.69, 9.17) is 5.73 Å². The summed E-state index contributed by atoms with van der Waals surface area (Å²) in [6, 6.07) is 5.43. The van der Waals surface area contributed by atoms with Crippen LogP contribution in [0.3, 0.4) is 0 Å². The molecule has 1 saturated carbocycles. The van der Waals surface area contributed by atoms with Gasteiger partial charge in [0.1, 0.15) is 0 Å². The first-order valence-electron chi connectivity index (χ1n) is 5.95. The van der Waals surface area contributed by atoms with Crippen LogP contribution in [0.4, 0.5) is 10.5 Å². The van der Waals surface area contributed by atoms with Crippen LogP contribution in [-0.2, 0) is 4.79 Å². The Hall–Kier alpha value is -1.11. The molecule has 4 nitrogen and oxygen atoms in total. The molecule has 1 aromatic carbocycles. The summed E-state index contributed by atoms with van der Waals surface area (Å²) in [4.78, 5) is 22.7. The van der Waals surface area contributed by atoms with Gasteiger partial charge in [0.15, 0.2) is 0 Å². The summed E-state index contributed by atoms with van der Waals surface area (Å²) < 4.78 is 2.01. The number of nitrogens with one attached hydrogen (secondary N) is 1. The van der Waals surface area contributed by atoms with Gasteiger partial charge in [-0.25, -0.2) is 0 Å². The van der Waals surface area contributed by atoms with Crippen molar-refractivity contribution in [1.29, 1.82) is 0 Å². The fraction of sp³-hybridized carbons (Fsp3) is 0.385.